The van der Waals surface area contributed by atoms with E-state index in [1.165, 1.54) is 22.9 Å². The minimum absolute atomic E-state index is 0.0178. The van der Waals surface area contributed by atoms with Gasteiger partial charge in [-0.25, -0.2) is 4.68 Å². The summed E-state index contributed by atoms with van der Waals surface area (Å²) in [4.78, 5) is 22.4. The second kappa shape index (κ2) is 9.60. The molecule has 0 fully saturated rings. The van der Waals surface area contributed by atoms with Gasteiger partial charge in [0.2, 0.25) is 11.1 Å². The van der Waals surface area contributed by atoms with Crippen molar-refractivity contribution >= 4 is 34.7 Å². The fourth-order valence-electron chi connectivity index (χ4n) is 2.44. The fraction of sp³-hybridized carbons (Fsp3) is 0.167. The number of rotatable bonds is 9. The molecule has 0 saturated heterocycles. The van der Waals surface area contributed by atoms with Crippen molar-refractivity contribution in [2.75, 3.05) is 29.3 Å². The molecule has 0 aliphatic carbocycles. The zero-order chi connectivity index (χ0) is 21.5. The SMILES string of the molecule is COc1ccc(NCc2nnc(SCC(=O)Nc3cccc([N+](=O)[O-])c3)n2N)cc1. The van der Waals surface area contributed by atoms with Gasteiger partial charge in [0.05, 0.1) is 24.3 Å². The molecule has 0 atom stereocenters. The smallest absolute Gasteiger partial charge is 0.271 e. The molecule has 1 aromatic heterocycles. The number of nitrogens with zero attached hydrogens (tertiary/aromatic N) is 4. The van der Waals surface area contributed by atoms with Crippen LogP contribution in [0.25, 0.3) is 0 Å². The molecule has 11 nitrogen and oxygen atoms in total. The molecule has 0 saturated carbocycles. The van der Waals surface area contributed by atoms with E-state index in [1.807, 2.05) is 24.3 Å². The molecule has 30 heavy (non-hydrogen) atoms. The highest BCUT2D eigenvalue weighted by Gasteiger charge is 2.13. The monoisotopic (exact) mass is 429 g/mol. The zero-order valence-corrected chi connectivity index (χ0v) is 16.8. The Morgan fingerprint density at radius 1 is 1.23 bits per heavy atom. The lowest BCUT2D eigenvalue weighted by molar-refractivity contribution is -0.384. The lowest BCUT2D eigenvalue weighted by Gasteiger charge is -2.08. The van der Waals surface area contributed by atoms with Gasteiger partial charge >= 0.3 is 0 Å². The Bertz CT molecular complexity index is 1040. The van der Waals surface area contributed by atoms with Gasteiger partial charge < -0.3 is 21.2 Å². The maximum atomic E-state index is 12.1. The van der Waals surface area contributed by atoms with E-state index < -0.39 is 4.92 Å². The summed E-state index contributed by atoms with van der Waals surface area (Å²) in [5, 5.41) is 25.0. The van der Waals surface area contributed by atoms with E-state index in [0.717, 1.165) is 23.2 Å². The number of anilines is 2. The van der Waals surface area contributed by atoms with Crippen molar-refractivity contribution < 1.29 is 14.5 Å². The third-order valence-electron chi connectivity index (χ3n) is 3.95. The summed E-state index contributed by atoms with van der Waals surface area (Å²) >= 11 is 1.11. The van der Waals surface area contributed by atoms with E-state index in [2.05, 4.69) is 20.8 Å². The number of nitrogens with two attached hydrogens (primary N) is 1. The van der Waals surface area contributed by atoms with Crippen molar-refractivity contribution in [3.05, 3.63) is 64.5 Å². The summed E-state index contributed by atoms with van der Waals surface area (Å²) in [6, 6.07) is 13.1. The standard InChI is InChI=1S/C18H19N7O4S/c1-29-15-7-5-12(6-8-15)20-10-16-22-23-18(24(16)19)30-11-17(26)21-13-3-2-4-14(9-13)25(27)28/h2-9,20H,10-11,19H2,1H3,(H,21,26). The van der Waals surface area contributed by atoms with Crippen LogP contribution in [0.2, 0.25) is 0 Å². The molecule has 2 aromatic carbocycles. The van der Waals surface area contributed by atoms with Crippen molar-refractivity contribution in [2.24, 2.45) is 0 Å². The number of thioether (sulfide) groups is 1. The first-order chi connectivity index (χ1) is 14.5. The van der Waals surface area contributed by atoms with Gasteiger partial charge in [-0.2, -0.15) is 0 Å². The molecule has 1 heterocycles. The Hall–Kier alpha value is -3.80. The molecule has 0 unspecified atom stereocenters. The summed E-state index contributed by atoms with van der Waals surface area (Å²) in [7, 11) is 1.60. The van der Waals surface area contributed by atoms with Gasteiger partial charge in [-0.3, -0.25) is 14.9 Å². The minimum atomic E-state index is -0.525. The lowest BCUT2D eigenvalue weighted by atomic mass is 10.3. The molecule has 0 aliphatic heterocycles. The number of nitrogens with one attached hydrogen (secondary N) is 2. The number of hydrogen-bond acceptors (Lipinski definition) is 9. The molecule has 3 aromatic rings. The number of carbonyl (C=O) groups excluding carboxylic acids is 1. The van der Waals surface area contributed by atoms with E-state index >= 15 is 0 Å². The second-order valence-electron chi connectivity index (χ2n) is 6.00. The van der Waals surface area contributed by atoms with Crippen LogP contribution in [0.1, 0.15) is 5.82 Å². The van der Waals surface area contributed by atoms with Crippen LogP contribution in [0, 0.1) is 10.1 Å². The first kappa shape index (κ1) is 20.9. The Kier molecular flexibility index (Phi) is 6.70. The van der Waals surface area contributed by atoms with Gasteiger partial charge in [0.25, 0.3) is 5.69 Å². The third kappa shape index (κ3) is 5.38. The van der Waals surface area contributed by atoms with E-state index in [9.17, 15) is 14.9 Å². The van der Waals surface area contributed by atoms with Crippen LogP contribution in [0.4, 0.5) is 17.1 Å². The van der Waals surface area contributed by atoms with Crippen LogP contribution in [0.5, 0.6) is 5.75 Å². The number of non-ortho nitro benzene ring substituents is 1. The molecule has 156 valence electrons. The highest BCUT2D eigenvalue weighted by Crippen LogP contribution is 2.20. The number of hydrogen-bond donors (Lipinski definition) is 3. The van der Waals surface area contributed by atoms with Gasteiger partial charge in [-0.15, -0.1) is 10.2 Å². The van der Waals surface area contributed by atoms with Crippen LogP contribution in [0.15, 0.2) is 53.7 Å². The molecule has 12 heteroatoms. The Morgan fingerprint density at radius 3 is 2.70 bits per heavy atom. The molecule has 1 amide bonds. The number of benzene rings is 2. The molecular formula is C18H19N7O4S. The molecule has 0 bridgehead atoms. The van der Waals surface area contributed by atoms with E-state index in [0.29, 0.717) is 23.2 Å². The largest absolute Gasteiger partial charge is 0.497 e. The topological polar surface area (TPSA) is 150 Å². The van der Waals surface area contributed by atoms with Gasteiger partial charge in [0.15, 0.2) is 5.82 Å². The summed E-state index contributed by atoms with van der Waals surface area (Å²) in [5.74, 6) is 6.93. The van der Waals surface area contributed by atoms with Crippen molar-refractivity contribution in [1.82, 2.24) is 14.9 Å². The molecule has 0 aliphatic rings. The summed E-state index contributed by atoms with van der Waals surface area (Å²) < 4.78 is 6.42. The maximum Gasteiger partial charge on any atom is 0.271 e. The minimum Gasteiger partial charge on any atom is -0.497 e. The van der Waals surface area contributed by atoms with Gasteiger partial charge in [0, 0.05) is 23.5 Å². The average Bonchev–Trinajstić information content (AvgIpc) is 3.10. The predicted molar refractivity (Wildman–Crippen MR) is 113 cm³/mol. The average molecular weight is 429 g/mol. The van der Waals surface area contributed by atoms with Crippen molar-refractivity contribution in [3.63, 3.8) is 0 Å². The van der Waals surface area contributed by atoms with Crippen LogP contribution < -0.4 is 21.2 Å². The summed E-state index contributed by atoms with van der Waals surface area (Å²) in [6.07, 6.45) is 0. The maximum absolute atomic E-state index is 12.1. The van der Waals surface area contributed by atoms with Crippen LogP contribution in [-0.4, -0.2) is 38.6 Å². The van der Waals surface area contributed by atoms with Crippen molar-refractivity contribution in [3.8, 4) is 5.75 Å². The summed E-state index contributed by atoms with van der Waals surface area (Å²) in [5.41, 5.74) is 1.11. The molecule has 4 N–H and O–H groups in total. The van der Waals surface area contributed by atoms with Crippen LogP contribution in [-0.2, 0) is 11.3 Å². The first-order valence-corrected chi connectivity index (χ1v) is 9.69. The number of nitro groups is 1. The number of amides is 1. The normalized spacial score (nSPS) is 10.4. The fourth-order valence-corrected chi connectivity index (χ4v) is 3.12. The highest BCUT2D eigenvalue weighted by atomic mass is 32.2. The van der Waals surface area contributed by atoms with Gasteiger partial charge in [-0.1, -0.05) is 17.8 Å². The lowest BCUT2D eigenvalue weighted by Crippen LogP contribution is -2.18. The highest BCUT2D eigenvalue weighted by molar-refractivity contribution is 7.99. The quantitative estimate of drug-likeness (QED) is 0.201. The first-order valence-electron chi connectivity index (χ1n) is 8.70. The van der Waals surface area contributed by atoms with Crippen LogP contribution in [0.3, 0.4) is 0 Å². The Morgan fingerprint density at radius 2 is 2.00 bits per heavy atom. The van der Waals surface area contributed by atoms with E-state index in [4.69, 9.17) is 10.6 Å². The number of carbonyl (C=O) groups is 1. The molecular weight excluding hydrogens is 410 g/mol. The number of ether oxygens (including phenoxy) is 1. The van der Waals surface area contributed by atoms with Gasteiger partial charge in [0.1, 0.15) is 5.75 Å². The van der Waals surface area contributed by atoms with Crippen molar-refractivity contribution in [2.45, 2.75) is 11.7 Å². The number of methoxy groups -OCH3 is 1. The van der Waals surface area contributed by atoms with Crippen LogP contribution >= 0.6 is 11.8 Å². The van der Waals surface area contributed by atoms with Gasteiger partial charge in [-0.05, 0) is 30.3 Å². The molecule has 3 rings (SSSR count). The Balaban J connectivity index is 1.52. The molecule has 0 radical (unpaired) electrons. The second-order valence-corrected chi connectivity index (χ2v) is 6.94. The summed E-state index contributed by atoms with van der Waals surface area (Å²) in [6.45, 7) is 0.344. The number of aromatic nitrogens is 3. The third-order valence-corrected chi connectivity index (χ3v) is 4.89. The zero-order valence-electron chi connectivity index (χ0n) is 15.9. The predicted octanol–water partition coefficient (Wildman–Crippen LogP) is 2.25. The number of nitro benzene ring substituents is 1. The van der Waals surface area contributed by atoms with E-state index in [-0.39, 0.29) is 17.3 Å². The Labute approximate surface area is 175 Å². The molecule has 0 spiro atoms. The van der Waals surface area contributed by atoms with E-state index in [1.54, 1.807) is 13.2 Å². The van der Waals surface area contributed by atoms with Crippen molar-refractivity contribution in [1.29, 1.82) is 0 Å². The number of nitrogen functional groups attached to an aromatic ring is 1.